The van der Waals surface area contributed by atoms with E-state index in [-0.39, 0.29) is 16.9 Å². The van der Waals surface area contributed by atoms with E-state index in [4.69, 9.17) is 4.74 Å². The van der Waals surface area contributed by atoms with E-state index in [2.05, 4.69) is 31.9 Å². The van der Waals surface area contributed by atoms with Gasteiger partial charge in [-0.1, -0.05) is 77.5 Å². The first-order chi connectivity index (χ1) is 22.9. The Morgan fingerprint density at radius 2 is 1.40 bits per heavy atom. The number of hydrogen-bond acceptors (Lipinski definition) is 5. The van der Waals surface area contributed by atoms with Crippen LogP contribution in [0, 0.1) is 0 Å². The summed E-state index contributed by atoms with van der Waals surface area (Å²) in [7, 11) is 0. The van der Waals surface area contributed by atoms with E-state index < -0.39 is 11.8 Å². The van der Waals surface area contributed by atoms with Crippen molar-refractivity contribution in [2.75, 3.05) is 10.6 Å². The first-order valence-corrected chi connectivity index (χ1v) is 16.6. The zero-order chi connectivity index (χ0) is 33.0. The minimum absolute atomic E-state index is 0.0882. The highest BCUT2D eigenvalue weighted by Crippen LogP contribution is 2.29. The number of amides is 3. The van der Waals surface area contributed by atoms with E-state index in [9.17, 15) is 14.4 Å². The van der Waals surface area contributed by atoms with E-state index in [0.717, 1.165) is 20.7 Å². The Hall–Kier alpha value is -5.12. The lowest BCUT2D eigenvalue weighted by Gasteiger charge is -2.16. The number of ether oxygens (including phenoxy) is 1. The van der Waals surface area contributed by atoms with Crippen LogP contribution in [0.2, 0.25) is 0 Å². The smallest absolute Gasteiger partial charge is 0.272 e. The third kappa shape index (κ3) is 9.93. The highest BCUT2D eigenvalue weighted by Gasteiger charge is 2.19. The number of hydrogen-bond donors (Lipinski definition) is 3. The van der Waals surface area contributed by atoms with E-state index in [1.807, 2.05) is 97.9 Å². The van der Waals surface area contributed by atoms with Crippen molar-refractivity contribution < 1.29 is 19.1 Å². The fourth-order valence-corrected chi connectivity index (χ4v) is 5.73. The summed E-state index contributed by atoms with van der Waals surface area (Å²) in [5, 5.41) is 8.27. The van der Waals surface area contributed by atoms with Crippen LogP contribution in [0.25, 0.3) is 6.08 Å². The molecule has 1 atom stereocenters. The van der Waals surface area contributed by atoms with Crippen molar-refractivity contribution in [1.29, 1.82) is 0 Å². The zero-order valence-electron chi connectivity index (χ0n) is 25.5. The second-order valence-corrected chi connectivity index (χ2v) is 12.5. The molecule has 5 rings (SSSR count). The van der Waals surface area contributed by atoms with Crippen molar-refractivity contribution in [2.24, 2.45) is 0 Å². The first-order valence-electron chi connectivity index (χ1n) is 14.9. The number of benzene rings is 5. The summed E-state index contributed by atoms with van der Waals surface area (Å²) < 4.78 is 6.74. The summed E-state index contributed by atoms with van der Waals surface area (Å²) in [6.45, 7) is 1.95. The first kappa shape index (κ1) is 33.2. The fraction of sp³-hybridized carbons (Fsp3) is 0.0789. The molecule has 0 aromatic heterocycles. The van der Waals surface area contributed by atoms with Gasteiger partial charge in [-0.2, -0.15) is 0 Å². The average Bonchev–Trinajstić information content (AvgIpc) is 3.09. The van der Waals surface area contributed by atoms with Crippen molar-refractivity contribution in [3.8, 4) is 11.5 Å². The molecular formula is C38H32BrN3O4S. The normalized spacial score (nSPS) is 11.7. The monoisotopic (exact) mass is 705 g/mol. The fourth-order valence-electron chi connectivity index (χ4n) is 4.45. The molecule has 5 aromatic rings. The number of nitrogens with one attached hydrogen (secondary N) is 3. The predicted molar refractivity (Wildman–Crippen MR) is 193 cm³/mol. The lowest BCUT2D eigenvalue weighted by Crippen LogP contribution is -2.30. The lowest BCUT2D eigenvalue weighted by molar-refractivity contribution is -0.116. The minimum atomic E-state index is -0.483. The molecule has 7 nitrogen and oxygen atoms in total. The van der Waals surface area contributed by atoms with Gasteiger partial charge in [0.05, 0.1) is 5.25 Å². The lowest BCUT2D eigenvalue weighted by atomic mass is 10.1. The number of thioether (sulfide) groups is 1. The van der Waals surface area contributed by atoms with Crippen LogP contribution >= 0.6 is 27.7 Å². The summed E-state index contributed by atoms with van der Waals surface area (Å²) in [6.07, 6.45) is 2.22. The van der Waals surface area contributed by atoms with Crippen LogP contribution in [0.15, 0.2) is 149 Å². The van der Waals surface area contributed by atoms with E-state index in [1.54, 1.807) is 48.5 Å². The van der Waals surface area contributed by atoms with E-state index in [1.165, 1.54) is 11.8 Å². The molecule has 0 spiro atoms. The van der Waals surface area contributed by atoms with Gasteiger partial charge in [0.15, 0.2) is 0 Å². The largest absolute Gasteiger partial charge is 0.457 e. The Labute approximate surface area is 286 Å². The van der Waals surface area contributed by atoms with Crippen molar-refractivity contribution in [3.05, 3.63) is 155 Å². The summed E-state index contributed by atoms with van der Waals surface area (Å²) >= 11 is 4.83. The Kier molecular flexibility index (Phi) is 11.6. The third-order valence-electron chi connectivity index (χ3n) is 6.84. The maximum absolute atomic E-state index is 13.5. The van der Waals surface area contributed by atoms with Gasteiger partial charge in [0.25, 0.3) is 11.8 Å². The van der Waals surface area contributed by atoms with Gasteiger partial charge >= 0.3 is 0 Å². The molecule has 0 aliphatic rings. The second kappa shape index (κ2) is 16.4. The molecular weight excluding hydrogens is 674 g/mol. The van der Waals surface area contributed by atoms with Crippen LogP contribution in [-0.4, -0.2) is 23.0 Å². The van der Waals surface area contributed by atoms with Crippen molar-refractivity contribution in [1.82, 2.24) is 5.32 Å². The summed E-state index contributed by atoms with van der Waals surface area (Å²) in [6, 6.07) is 40.1. The van der Waals surface area contributed by atoms with Gasteiger partial charge in [-0.3, -0.25) is 14.4 Å². The molecule has 5 aromatic carbocycles. The molecule has 0 saturated heterocycles. The second-order valence-electron chi connectivity index (χ2n) is 10.4. The van der Waals surface area contributed by atoms with Gasteiger partial charge in [-0.15, -0.1) is 11.8 Å². The number of carbonyl (C=O) groups excluding carboxylic acids is 3. The molecule has 0 saturated carbocycles. The molecule has 0 radical (unpaired) electrons. The number of halogens is 1. The Morgan fingerprint density at radius 3 is 2.09 bits per heavy atom. The van der Waals surface area contributed by atoms with Crippen molar-refractivity contribution in [3.63, 3.8) is 0 Å². The Bertz CT molecular complexity index is 1850. The molecule has 0 aliphatic carbocycles. The molecule has 47 heavy (non-hydrogen) atoms. The zero-order valence-corrected chi connectivity index (χ0v) is 27.9. The SMILES string of the molecule is CCC(Sc1cccc(NC(=O)/C(=C/c2ccc(Br)cc2)NC(=O)c2ccccc2)c1)C(=O)Nc1ccc(Oc2ccccc2)cc1. The Morgan fingerprint density at radius 1 is 0.745 bits per heavy atom. The maximum atomic E-state index is 13.5. The molecule has 0 fully saturated rings. The molecule has 0 aliphatic heterocycles. The van der Waals surface area contributed by atoms with Gasteiger partial charge in [0.1, 0.15) is 17.2 Å². The van der Waals surface area contributed by atoms with Crippen LogP contribution in [0.4, 0.5) is 11.4 Å². The molecule has 236 valence electrons. The maximum Gasteiger partial charge on any atom is 0.272 e. The third-order valence-corrected chi connectivity index (χ3v) is 8.73. The molecule has 9 heteroatoms. The summed E-state index contributed by atoms with van der Waals surface area (Å²) in [5.74, 6) is 0.391. The van der Waals surface area contributed by atoms with Crippen LogP contribution in [0.3, 0.4) is 0 Å². The molecule has 3 N–H and O–H groups in total. The van der Waals surface area contributed by atoms with Gasteiger partial charge in [0.2, 0.25) is 5.91 Å². The van der Waals surface area contributed by atoms with Gasteiger partial charge in [-0.25, -0.2) is 0 Å². The van der Waals surface area contributed by atoms with E-state index >= 15 is 0 Å². The molecule has 0 bridgehead atoms. The summed E-state index contributed by atoms with van der Waals surface area (Å²) in [5.41, 5.74) is 2.45. The molecule has 1 unspecified atom stereocenters. The highest BCUT2D eigenvalue weighted by molar-refractivity contribution is 9.10. The van der Waals surface area contributed by atoms with Gasteiger partial charge in [0, 0.05) is 26.3 Å². The number of rotatable bonds is 12. The predicted octanol–water partition coefficient (Wildman–Crippen LogP) is 9.16. The summed E-state index contributed by atoms with van der Waals surface area (Å²) in [4.78, 5) is 40.5. The number of anilines is 2. The van der Waals surface area contributed by atoms with Crippen molar-refractivity contribution >= 4 is 62.9 Å². The van der Waals surface area contributed by atoms with E-state index in [0.29, 0.717) is 29.1 Å². The highest BCUT2D eigenvalue weighted by atomic mass is 79.9. The van der Waals surface area contributed by atoms with Gasteiger partial charge in [-0.05, 0) is 96.9 Å². The van der Waals surface area contributed by atoms with Crippen molar-refractivity contribution in [2.45, 2.75) is 23.5 Å². The van der Waals surface area contributed by atoms with Crippen LogP contribution in [0.5, 0.6) is 11.5 Å². The minimum Gasteiger partial charge on any atom is -0.457 e. The van der Waals surface area contributed by atoms with Crippen LogP contribution in [-0.2, 0) is 9.59 Å². The molecule has 0 heterocycles. The average molecular weight is 707 g/mol. The number of carbonyl (C=O) groups is 3. The van der Waals surface area contributed by atoms with Crippen LogP contribution in [0.1, 0.15) is 29.3 Å². The standard InChI is InChI=1S/C38H32BrN3O4S/c1-2-35(38(45)40-29-20-22-32(23-21-29)46-31-13-7-4-8-14-31)47-33-15-9-12-30(25-33)41-37(44)34(24-26-16-18-28(39)19-17-26)42-36(43)27-10-5-3-6-11-27/h3-25,35H,2H2,1H3,(H,40,45)(H,41,44)(H,42,43)/b34-24-. The number of para-hydroxylation sites is 1. The van der Waals surface area contributed by atoms with Crippen LogP contribution < -0.4 is 20.7 Å². The quantitative estimate of drug-likeness (QED) is 0.0889. The molecule has 3 amide bonds. The Balaban J connectivity index is 1.24. The van der Waals surface area contributed by atoms with Gasteiger partial charge < -0.3 is 20.7 Å². The topological polar surface area (TPSA) is 96.5 Å².